The summed E-state index contributed by atoms with van der Waals surface area (Å²) in [7, 11) is 0. The highest BCUT2D eigenvalue weighted by molar-refractivity contribution is 14.1. The fraction of sp³-hybridized carbons (Fsp3) is 0.360. The van der Waals surface area contributed by atoms with E-state index in [9.17, 15) is 14.7 Å². The van der Waals surface area contributed by atoms with E-state index in [1.165, 1.54) is 0 Å². The normalized spacial score (nSPS) is 18.3. The van der Waals surface area contributed by atoms with Crippen molar-refractivity contribution >= 4 is 40.0 Å². The number of likely N-dealkylation sites (N-methyl/N-ethyl adjacent to an activating group) is 1. The number of amides is 1. The number of Topliss-reactive ketones (excluding diaryl/α,β-unsaturated/α-hetero) is 1. The van der Waals surface area contributed by atoms with Crippen molar-refractivity contribution in [3.63, 3.8) is 0 Å². The number of aliphatic hydroxyl groups is 1. The van der Waals surface area contributed by atoms with Crippen molar-refractivity contribution in [1.29, 1.82) is 0 Å². The van der Waals surface area contributed by atoms with E-state index in [1.807, 2.05) is 56.3 Å². The maximum atomic E-state index is 13.1. The predicted octanol–water partition coefficient (Wildman–Crippen LogP) is 4.67. The Morgan fingerprint density at radius 3 is 2.32 bits per heavy atom. The number of aliphatic hydroxyl groups excluding tert-OH is 1. The molecule has 1 aliphatic heterocycles. The molecule has 1 fully saturated rings. The molecule has 0 spiro atoms. The molecule has 0 bridgehead atoms. The fourth-order valence-electron chi connectivity index (χ4n) is 4.03. The molecule has 6 heteroatoms. The molecule has 0 radical (unpaired) electrons. The number of nitrogens with zero attached hydrogens (tertiary/aromatic N) is 2. The molecule has 3 rings (SSSR count). The van der Waals surface area contributed by atoms with Crippen LogP contribution in [-0.2, 0) is 9.59 Å². The van der Waals surface area contributed by atoms with Crippen molar-refractivity contribution in [1.82, 2.24) is 9.80 Å². The topological polar surface area (TPSA) is 60.9 Å². The molecular weight excluding hydrogens is 503 g/mol. The monoisotopic (exact) mass is 532 g/mol. The Balaban J connectivity index is 2.13. The van der Waals surface area contributed by atoms with Gasteiger partial charge in [0.2, 0.25) is 0 Å². The number of ketones is 1. The van der Waals surface area contributed by atoms with Gasteiger partial charge in [-0.1, -0.05) is 43.7 Å². The van der Waals surface area contributed by atoms with Gasteiger partial charge in [-0.05, 0) is 78.9 Å². The molecule has 1 aliphatic rings. The fourth-order valence-corrected chi connectivity index (χ4v) is 4.39. The largest absolute Gasteiger partial charge is 0.507 e. The maximum Gasteiger partial charge on any atom is 0.295 e. The summed E-state index contributed by atoms with van der Waals surface area (Å²) in [4.78, 5) is 30.0. The van der Waals surface area contributed by atoms with Crippen LogP contribution in [0.15, 0.2) is 48.0 Å². The first-order valence-electron chi connectivity index (χ1n) is 10.6. The highest BCUT2D eigenvalue weighted by Crippen LogP contribution is 2.40. The van der Waals surface area contributed by atoms with Crippen molar-refractivity contribution in [3.05, 3.63) is 73.9 Å². The third kappa shape index (κ3) is 4.85. The van der Waals surface area contributed by atoms with Crippen LogP contribution < -0.4 is 0 Å². The summed E-state index contributed by atoms with van der Waals surface area (Å²) in [6, 6.07) is 12.9. The number of aryl methyl sites for hydroxylation is 2. The van der Waals surface area contributed by atoms with Gasteiger partial charge in [-0.2, -0.15) is 0 Å². The molecule has 1 N–H and O–H groups in total. The summed E-state index contributed by atoms with van der Waals surface area (Å²) >= 11 is 2.23. The number of hydrogen-bond acceptors (Lipinski definition) is 4. The highest BCUT2D eigenvalue weighted by Gasteiger charge is 2.46. The van der Waals surface area contributed by atoms with E-state index in [2.05, 4.69) is 41.3 Å². The standard InChI is InChI=1S/C25H29IN2O3/c1-5-27(6-2)13-14-28-22(18-9-11-19(26)12-10-18)21(24(30)25(28)31)23(29)20-15-16(3)7-8-17(20)4/h7-12,15,22,29H,5-6,13-14H2,1-4H3/b23-21+. The van der Waals surface area contributed by atoms with Crippen LogP contribution in [0, 0.1) is 17.4 Å². The van der Waals surface area contributed by atoms with Crippen molar-refractivity contribution in [3.8, 4) is 0 Å². The van der Waals surface area contributed by atoms with Crippen molar-refractivity contribution in [2.75, 3.05) is 26.2 Å². The second-order valence-electron chi connectivity index (χ2n) is 7.89. The number of carbonyl (C=O) groups excluding carboxylic acids is 2. The molecule has 31 heavy (non-hydrogen) atoms. The molecule has 2 aromatic carbocycles. The average Bonchev–Trinajstić information content (AvgIpc) is 3.01. The maximum absolute atomic E-state index is 13.1. The van der Waals surface area contributed by atoms with E-state index < -0.39 is 17.7 Å². The molecule has 1 atom stereocenters. The third-order valence-corrected chi connectivity index (χ3v) is 6.64. The lowest BCUT2D eigenvalue weighted by Gasteiger charge is -2.28. The number of likely N-dealkylation sites (tertiary alicyclic amines) is 1. The number of hydrogen-bond donors (Lipinski definition) is 1. The molecule has 5 nitrogen and oxygen atoms in total. The van der Waals surface area contributed by atoms with Gasteiger partial charge in [-0.3, -0.25) is 9.59 Å². The summed E-state index contributed by atoms with van der Waals surface area (Å²) < 4.78 is 1.07. The van der Waals surface area contributed by atoms with Crippen LogP contribution >= 0.6 is 22.6 Å². The second-order valence-corrected chi connectivity index (χ2v) is 9.13. The van der Waals surface area contributed by atoms with Crippen LogP contribution in [0.3, 0.4) is 0 Å². The minimum atomic E-state index is -0.624. The molecule has 1 saturated heterocycles. The zero-order valence-electron chi connectivity index (χ0n) is 18.5. The summed E-state index contributed by atoms with van der Waals surface area (Å²) in [6.45, 7) is 10.8. The molecule has 1 unspecified atom stereocenters. The average molecular weight is 532 g/mol. The molecule has 0 aromatic heterocycles. The lowest BCUT2D eigenvalue weighted by Crippen LogP contribution is -2.38. The molecular formula is C25H29IN2O3. The molecule has 1 heterocycles. The first-order valence-corrected chi connectivity index (χ1v) is 11.7. The van der Waals surface area contributed by atoms with Gasteiger partial charge < -0.3 is 14.9 Å². The molecule has 164 valence electrons. The summed E-state index contributed by atoms with van der Waals surface area (Å²) in [5.74, 6) is -1.28. The minimum absolute atomic E-state index is 0.103. The first-order chi connectivity index (χ1) is 14.8. The minimum Gasteiger partial charge on any atom is -0.507 e. The highest BCUT2D eigenvalue weighted by atomic mass is 127. The van der Waals surface area contributed by atoms with Gasteiger partial charge in [0.1, 0.15) is 5.76 Å². The smallest absolute Gasteiger partial charge is 0.295 e. The molecule has 0 saturated carbocycles. The molecule has 2 aromatic rings. The molecule has 1 amide bonds. The summed E-state index contributed by atoms with van der Waals surface area (Å²) in [6.07, 6.45) is 0. The van der Waals surface area contributed by atoms with Crippen LogP contribution in [0.1, 0.15) is 42.1 Å². The Bertz CT molecular complexity index is 1010. The summed E-state index contributed by atoms with van der Waals surface area (Å²) in [5.41, 5.74) is 3.43. The van der Waals surface area contributed by atoms with Crippen LogP contribution in [0.25, 0.3) is 5.76 Å². The Hall–Kier alpha value is -2.19. The number of rotatable bonds is 7. The van der Waals surface area contributed by atoms with E-state index in [-0.39, 0.29) is 11.3 Å². The second kappa shape index (κ2) is 9.96. The first kappa shape index (κ1) is 23.5. The van der Waals surface area contributed by atoms with Gasteiger partial charge in [-0.25, -0.2) is 0 Å². The Morgan fingerprint density at radius 2 is 1.71 bits per heavy atom. The van der Waals surface area contributed by atoms with E-state index in [1.54, 1.807) is 4.90 Å². The van der Waals surface area contributed by atoms with Crippen molar-refractivity contribution in [2.24, 2.45) is 0 Å². The number of benzene rings is 2. The lowest BCUT2D eigenvalue weighted by atomic mass is 9.93. The predicted molar refractivity (Wildman–Crippen MR) is 132 cm³/mol. The van der Waals surface area contributed by atoms with E-state index in [0.717, 1.165) is 33.4 Å². The van der Waals surface area contributed by atoms with Crippen LogP contribution in [0.4, 0.5) is 0 Å². The summed E-state index contributed by atoms with van der Waals surface area (Å²) in [5, 5.41) is 11.3. The molecule has 0 aliphatic carbocycles. The van der Waals surface area contributed by atoms with Crippen molar-refractivity contribution in [2.45, 2.75) is 33.7 Å². The van der Waals surface area contributed by atoms with Gasteiger partial charge in [0.25, 0.3) is 11.7 Å². The zero-order valence-corrected chi connectivity index (χ0v) is 20.6. The van der Waals surface area contributed by atoms with Gasteiger partial charge >= 0.3 is 0 Å². The number of halogens is 1. The third-order valence-electron chi connectivity index (χ3n) is 5.93. The van der Waals surface area contributed by atoms with Crippen LogP contribution in [0.2, 0.25) is 0 Å². The number of carbonyl (C=O) groups is 2. The van der Waals surface area contributed by atoms with Gasteiger partial charge in [-0.15, -0.1) is 0 Å². The van der Waals surface area contributed by atoms with Crippen LogP contribution in [0.5, 0.6) is 0 Å². The zero-order chi connectivity index (χ0) is 22.7. The van der Waals surface area contributed by atoms with E-state index in [0.29, 0.717) is 18.7 Å². The van der Waals surface area contributed by atoms with Gasteiger partial charge in [0.15, 0.2) is 0 Å². The van der Waals surface area contributed by atoms with E-state index >= 15 is 0 Å². The Kier molecular flexibility index (Phi) is 7.54. The quantitative estimate of drug-likeness (QED) is 0.244. The van der Waals surface area contributed by atoms with Crippen LogP contribution in [-0.4, -0.2) is 52.8 Å². The van der Waals surface area contributed by atoms with E-state index in [4.69, 9.17) is 0 Å². The van der Waals surface area contributed by atoms with Gasteiger partial charge in [0, 0.05) is 22.2 Å². The Labute approximate surface area is 197 Å². The SMILES string of the molecule is CCN(CC)CCN1C(=O)C(=O)/C(=C(/O)c2cc(C)ccc2C)C1c1ccc(I)cc1. The Morgan fingerprint density at radius 1 is 1.06 bits per heavy atom. The van der Waals surface area contributed by atoms with Gasteiger partial charge in [0.05, 0.1) is 11.6 Å². The lowest BCUT2D eigenvalue weighted by molar-refractivity contribution is -0.140. The van der Waals surface area contributed by atoms with Crippen molar-refractivity contribution < 1.29 is 14.7 Å².